The average molecular weight is 397 g/mol. The second-order valence-corrected chi connectivity index (χ2v) is 7.47. The lowest BCUT2D eigenvalue weighted by molar-refractivity contribution is -0.123. The topological polar surface area (TPSA) is 83.9 Å². The van der Waals surface area contributed by atoms with E-state index in [4.69, 9.17) is 9.84 Å². The molecule has 1 aliphatic rings. The minimum atomic E-state index is -0.979. The van der Waals surface area contributed by atoms with E-state index in [0.717, 1.165) is 17.3 Å². The maximum Gasteiger partial charge on any atom is 0.335 e. The first kappa shape index (κ1) is 19.7. The maximum atomic E-state index is 12.5. The van der Waals surface area contributed by atoms with Crippen LogP contribution in [0.4, 0.5) is 4.79 Å². The summed E-state index contributed by atoms with van der Waals surface area (Å²) in [5.41, 5.74) is 1.73. The van der Waals surface area contributed by atoms with Gasteiger partial charge in [0.25, 0.3) is 11.1 Å². The number of hydrogen-bond acceptors (Lipinski definition) is 5. The van der Waals surface area contributed by atoms with Crippen LogP contribution in [0.5, 0.6) is 5.75 Å². The van der Waals surface area contributed by atoms with Crippen molar-refractivity contribution >= 4 is 35.0 Å². The monoisotopic (exact) mass is 397 g/mol. The number of rotatable bonds is 6. The molecule has 1 fully saturated rings. The molecular formula is C21H19NO5S. The van der Waals surface area contributed by atoms with Crippen molar-refractivity contribution in [2.75, 3.05) is 0 Å². The summed E-state index contributed by atoms with van der Waals surface area (Å²) < 4.78 is 5.86. The van der Waals surface area contributed by atoms with Crippen LogP contribution in [0.2, 0.25) is 0 Å². The molecule has 144 valence electrons. The Hall–Kier alpha value is -3.06. The van der Waals surface area contributed by atoms with E-state index < -0.39 is 5.97 Å². The van der Waals surface area contributed by atoms with Crippen molar-refractivity contribution in [3.8, 4) is 5.75 Å². The lowest BCUT2D eigenvalue weighted by Gasteiger charge is -2.16. The SMILES string of the molecule is CC(C)N1C(=O)S/C(=C\c2ccccc2OCc2ccc(C(=O)O)cc2)C1=O. The minimum absolute atomic E-state index is 0.196. The van der Waals surface area contributed by atoms with E-state index >= 15 is 0 Å². The number of carboxylic acids is 1. The first-order valence-corrected chi connectivity index (χ1v) is 9.49. The van der Waals surface area contributed by atoms with E-state index in [9.17, 15) is 14.4 Å². The number of carbonyl (C=O) groups excluding carboxylic acids is 2. The summed E-state index contributed by atoms with van der Waals surface area (Å²) in [4.78, 5) is 37.0. The van der Waals surface area contributed by atoms with Gasteiger partial charge in [0.2, 0.25) is 0 Å². The summed E-state index contributed by atoms with van der Waals surface area (Å²) in [6.07, 6.45) is 1.66. The van der Waals surface area contributed by atoms with Crippen LogP contribution < -0.4 is 4.74 Å². The molecule has 7 heteroatoms. The Morgan fingerprint density at radius 2 is 1.82 bits per heavy atom. The lowest BCUT2D eigenvalue weighted by Crippen LogP contribution is -2.34. The van der Waals surface area contributed by atoms with Gasteiger partial charge in [0.15, 0.2) is 0 Å². The van der Waals surface area contributed by atoms with Crippen molar-refractivity contribution in [3.05, 3.63) is 70.1 Å². The van der Waals surface area contributed by atoms with E-state index in [0.29, 0.717) is 16.2 Å². The van der Waals surface area contributed by atoms with Crippen molar-refractivity contribution in [1.82, 2.24) is 4.90 Å². The van der Waals surface area contributed by atoms with E-state index in [1.165, 1.54) is 17.0 Å². The predicted molar refractivity (Wildman–Crippen MR) is 107 cm³/mol. The highest BCUT2D eigenvalue weighted by atomic mass is 32.2. The number of thioether (sulfide) groups is 1. The molecule has 0 aromatic heterocycles. The molecule has 2 amide bonds. The van der Waals surface area contributed by atoms with Crippen molar-refractivity contribution in [2.24, 2.45) is 0 Å². The van der Waals surface area contributed by atoms with Gasteiger partial charge in [-0.2, -0.15) is 0 Å². The van der Waals surface area contributed by atoms with Crippen molar-refractivity contribution < 1.29 is 24.2 Å². The van der Waals surface area contributed by atoms with E-state index in [2.05, 4.69) is 0 Å². The first-order chi connectivity index (χ1) is 13.4. The third-order valence-electron chi connectivity index (χ3n) is 4.14. The molecule has 0 spiro atoms. The van der Waals surface area contributed by atoms with Crippen molar-refractivity contribution in [2.45, 2.75) is 26.5 Å². The Bertz CT molecular complexity index is 950. The highest BCUT2D eigenvalue weighted by Crippen LogP contribution is 2.35. The number of para-hydroxylation sites is 1. The Morgan fingerprint density at radius 1 is 1.14 bits per heavy atom. The van der Waals surface area contributed by atoms with Gasteiger partial charge in [0.05, 0.1) is 10.5 Å². The number of hydrogen-bond donors (Lipinski definition) is 1. The Morgan fingerprint density at radius 3 is 2.43 bits per heavy atom. The number of carboxylic acid groups (broad SMARTS) is 1. The summed E-state index contributed by atoms with van der Waals surface area (Å²) in [6.45, 7) is 3.84. The molecule has 0 atom stereocenters. The third-order valence-corrected chi connectivity index (χ3v) is 5.02. The lowest BCUT2D eigenvalue weighted by atomic mass is 10.1. The zero-order valence-corrected chi connectivity index (χ0v) is 16.2. The van der Waals surface area contributed by atoms with Gasteiger partial charge >= 0.3 is 5.97 Å². The second kappa shape index (κ2) is 8.31. The van der Waals surface area contributed by atoms with Crippen molar-refractivity contribution in [3.63, 3.8) is 0 Å². The van der Waals surface area contributed by atoms with Crippen LogP contribution in [0.3, 0.4) is 0 Å². The molecule has 1 heterocycles. The van der Waals surface area contributed by atoms with Gasteiger partial charge < -0.3 is 9.84 Å². The van der Waals surface area contributed by atoms with Gasteiger partial charge in [0, 0.05) is 11.6 Å². The number of imide groups is 1. The highest BCUT2D eigenvalue weighted by Gasteiger charge is 2.36. The minimum Gasteiger partial charge on any atom is -0.488 e. The van der Waals surface area contributed by atoms with Crippen LogP contribution in [0, 0.1) is 0 Å². The molecular weight excluding hydrogens is 378 g/mol. The first-order valence-electron chi connectivity index (χ1n) is 8.68. The third kappa shape index (κ3) is 4.26. The van der Waals surface area contributed by atoms with Gasteiger partial charge in [-0.25, -0.2) is 4.79 Å². The zero-order chi connectivity index (χ0) is 20.3. The van der Waals surface area contributed by atoms with Crippen LogP contribution >= 0.6 is 11.8 Å². The van der Waals surface area contributed by atoms with E-state index in [-0.39, 0.29) is 29.4 Å². The van der Waals surface area contributed by atoms with Crippen LogP contribution in [-0.2, 0) is 11.4 Å². The number of amides is 2. The van der Waals surface area contributed by atoms with Crippen LogP contribution in [0.1, 0.15) is 35.3 Å². The summed E-state index contributed by atoms with van der Waals surface area (Å²) in [7, 11) is 0. The van der Waals surface area contributed by atoms with E-state index in [1.54, 1.807) is 38.1 Å². The van der Waals surface area contributed by atoms with Gasteiger partial charge in [-0.1, -0.05) is 30.3 Å². The van der Waals surface area contributed by atoms with Gasteiger partial charge in [0.1, 0.15) is 12.4 Å². The fourth-order valence-corrected chi connectivity index (χ4v) is 3.65. The fraction of sp³-hybridized carbons (Fsp3) is 0.190. The molecule has 0 bridgehead atoms. The average Bonchev–Trinajstić information content (AvgIpc) is 2.94. The van der Waals surface area contributed by atoms with Crippen LogP contribution in [-0.4, -0.2) is 33.2 Å². The smallest absolute Gasteiger partial charge is 0.335 e. The van der Waals surface area contributed by atoms with Gasteiger partial charge in [-0.3, -0.25) is 14.5 Å². The summed E-state index contributed by atoms with van der Waals surface area (Å²) >= 11 is 0.920. The molecule has 28 heavy (non-hydrogen) atoms. The zero-order valence-electron chi connectivity index (χ0n) is 15.4. The summed E-state index contributed by atoms with van der Waals surface area (Å²) in [6, 6.07) is 13.5. The number of carbonyl (C=O) groups is 3. The molecule has 2 aromatic rings. The fourth-order valence-electron chi connectivity index (χ4n) is 2.70. The molecule has 1 aliphatic heterocycles. The molecule has 1 N–H and O–H groups in total. The highest BCUT2D eigenvalue weighted by molar-refractivity contribution is 8.18. The molecule has 0 saturated carbocycles. The second-order valence-electron chi connectivity index (χ2n) is 6.47. The Labute approximate surface area is 166 Å². The summed E-state index contributed by atoms with van der Waals surface area (Å²) in [5, 5.41) is 8.68. The molecule has 0 radical (unpaired) electrons. The molecule has 0 aliphatic carbocycles. The van der Waals surface area contributed by atoms with Gasteiger partial charge in [-0.15, -0.1) is 0 Å². The van der Waals surface area contributed by atoms with Crippen LogP contribution in [0.15, 0.2) is 53.4 Å². The standard InChI is InChI=1S/C21H19NO5S/c1-13(2)22-19(23)18(28-21(22)26)11-16-5-3-4-6-17(16)27-12-14-7-9-15(10-8-14)20(24)25/h3-11,13H,12H2,1-2H3,(H,24,25)/b18-11-. The maximum absolute atomic E-state index is 12.5. The van der Waals surface area contributed by atoms with Crippen molar-refractivity contribution in [1.29, 1.82) is 0 Å². The number of aromatic carboxylic acids is 1. The molecule has 1 saturated heterocycles. The quantitative estimate of drug-likeness (QED) is 0.727. The molecule has 2 aromatic carbocycles. The molecule has 0 unspecified atom stereocenters. The van der Waals surface area contributed by atoms with Crippen LogP contribution in [0.25, 0.3) is 6.08 Å². The largest absolute Gasteiger partial charge is 0.488 e. The Kier molecular flexibility index (Phi) is 5.84. The number of ether oxygens (including phenoxy) is 1. The normalized spacial score (nSPS) is 15.5. The number of benzene rings is 2. The van der Waals surface area contributed by atoms with E-state index in [1.807, 2.05) is 18.2 Å². The summed E-state index contributed by atoms with van der Waals surface area (Å²) in [5.74, 6) is -0.710. The van der Waals surface area contributed by atoms with Gasteiger partial charge in [-0.05, 0) is 55.4 Å². The molecule has 6 nitrogen and oxygen atoms in total. The number of nitrogens with zero attached hydrogens (tertiary/aromatic N) is 1. The predicted octanol–water partition coefficient (Wildman–Crippen LogP) is 4.41. The Balaban J connectivity index is 1.77. The molecule has 3 rings (SSSR count).